The molecule has 5 rings (SSSR count). The molecule has 0 aliphatic rings. The lowest BCUT2D eigenvalue weighted by molar-refractivity contribution is 1.65. The fourth-order valence-electron chi connectivity index (χ4n) is 3.80. The van der Waals surface area contributed by atoms with E-state index in [2.05, 4.69) is 114 Å². The predicted octanol–water partition coefficient (Wildman–Crippen LogP) is 7.42. The summed E-state index contributed by atoms with van der Waals surface area (Å²) in [6.45, 7) is 0. The van der Waals surface area contributed by atoms with Gasteiger partial charge in [-0.1, -0.05) is 91.0 Å². The second-order valence-electron chi connectivity index (χ2n) is 6.31. The van der Waals surface area contributed by atoms with E-state index in [-0.39, 0.29) is 0 Å². The molecule has 0 saturated heterocycles. The first-order valence-corrected chi connectivity index (χ1v) is 9.49. The van der Waals surface area contributed by atoms with Crippen molar-refractivity contribution in [3.63, 3.8) is 0 Å². The van der Waals surface area contributed by atoms with Crippen molar-refractivity contribution >= 4 is 54.9 Å². The molecule has 0 bridgehead atoms. The lowest BCUT2D eigenvalue weighted by Gasteiger charge is -2.16. The fourth-order valence-corrected chi connectivity index (χ4v) is 4.86. The van der Waals surface area contributed by atoms with Gasteiger partial charge in [0.15, 0.2) is 0 Å². The topological polar surface area (TPSA) is 0 Å². The molecule has 0 N–H and O–H groups in total. The monoisotopic (exact) mass is 430 g/mol. The molecule has 5 aromatic carbocycles. The summed E-state index contributed by atoms with van der Waals surface area (Å²) >= 11 is 2.52. The molecule has 1 heteroatoms. The predicted molar refractivity (Wildman–Crippen MR) is 117 cm³/mol. The number of benzene rings is 5. The van der Waals surface area contributed by atoms with Crippen LogP contribution >= 0.6 is 22.6 Å². The summed E-state index contributed by atoms with van der Waals surface area (Å²) < 4.78 is 1.32. The van der Waals surface area contributed by atoms with Crippen molar-refractivity contribution in [2.75, 3.05) is 0 Å². The van der Waals surface area contributed by atoms with Gasteiger partial charge in [0.2, 0.25) is 0 Å². The van der Waals surface area contributed by atoms with Crippen molar-refractivity contribution in [2.24, 2.45) is 0 Å². The van der Waals surface area contributed by atoms with E-state index in [4.69, 9.17) is 0 Å². The van der Waals surface area contributed by atoms with Gasteiger partial charge in [-0.3, -0.25) is 0 Å². The third-order valence-corrected chi connectivity index (χ3v) is 6.03. The number of hydrogen-bond donors (Lipinski definition) is 0. The first kappa shape index (κ1) is 14.9. The van der Waals surface area contributed by atoms with Crippen molar-refractivity contribution in [3.8, 4) is 11.1 Å². The minimum absolute atomic E-state index is 1.28. The smallest absolute Gasteiger partial charge is 0.0293 e. The summed E-state index contributed by atoms with van der Waals surface area (Å²) in [6, 6.07) is 32.7. The maximum atomic E-state index is 2.52. The molecule has 0 nitrogen and oxygen atoms in total. The highest BCUT2D eigenvalue weighted by molar-refractivity contribution is 14.1. The third-order valence-electron chi connectivity index (χ3n) is 4.91. The minimum Gasteiger partial charge on any atom is -0.0622 e. The largest absolute Gasteiger partial charge is 0.0622 e. The van der Waals surface area contributed by atoms with E-state index in [9.17, 15) is 0 Å². The lowest BCUT2D eigenvalue weighted by atomic mass is 9.91. The van der Waals surface area contributed by atoms with Crippen LogP contribution in [-0.2, 0) is 0 Å². The van der Waals surface area contributed by atoms with Gasteiger partial charge in [0.05, 0.1) is 0 Å². The van der Waals surface area contributed by atoms with Gasteiger partial charge in [-0.05, 0) is 60.5 Å². The summed E-state index contributed by atoms with van der Waals surface area (Å²) in [5.74, 6) is 0. The summed E-state index contributed by atoms with van der Waals surface area (Å²) in [5, 5.41) is 7.96. The van der Waals surface area contributed by atoms with Gasteiger partial charge >= 0.3 is 0 Å². The number of fused-ring (bicyclic) bond motifs is 5. The minimum atomic E-state index is 1.28. The second-order valence-corrected chi connectivity index (χ2v) is 7.39. The molecular formula is C24H15I. The Morgan fingerprint density at radius 3 is 1.92 bits per heavy atom. The highest BCUT2D eigenvalue weighted by Gasteiger charge is 2.15. The van der Waals surface area contributed by atoms with Gasteiger partial charge in [-0.15, -0.1) is 0 Å². The molecule has 5 aromatic rings. The maximum Gasteiger partial charge on any atom is 0.0293 e. The van der Waals surface area contributed by atoms with Crippen LogP contribution in [0.2, 0.25) is 0 Å². The molecule has 25 heavy (non-hydrogen) atoms. The highest BCUT2D eigenvalue weighted by Crippen LogP contribution is 2.42. The van der Waals surface area contributed by atoms with E-state index in [1.165, 1.54) is 47.0 Å². The molecule has 0 saturated carbocycles. The first-order valence-electron chi connectivity index (χ1n) is 8.42. The zero-order valence-electron chi connectivity index (χ0n) is 13.5. The molecule has 0 fully saturated rings. The normalized spacial score (nSPS) is 11.4. The zero-order valence-corrected chi connectivity index (χ0v) is 15.7. The van der Waals surface area contributed by atoms with E-state index in [1.54, 1.807) is 0 Å². The standard InChI is InChI=1S/C24H15I/c25-24-21-15-14-16-8-4-5-11-18(16)23(21)20-13-7-6-12-19(20)22(24)17-9-2-1-3-10-17/h1-15H. The van der Waals surface area contributed by atoms with Gasteiger partial charge in [-0.2, -0.15) is 0 Å². The third kappa shape index (κ3) is 2.26. The molecule has 118 valence electrons. The molecular weight excluding hydrogens is 415 g/mol. The lowest BCUT2D eigenvalue weighted by Crippen LogP contribution is -1.90. The van der Waals surface area contributed by atoms with Crippen LogP contribution < -0.4 is 0 Å². The van der Waals surface area contributed by atoms with E-state index in [0.717, 1.165) is 0 Å². The van der Waals surface area contributed by atoms with E-state index in [0.29, 0.717) is 0 Å². The van der Waals surface area contributed by atoms with Gasteiger partial charge < -0.3 is 0 Å². The molecule has 0 aromatic heterocycles. The Kier molecular flexibility index (Phi) is 3.49. The number of hydrogen-bond acceptors (Lipinski definition) is 0. The number of halogens is 1. The average Bonchev–Trinajstić information content (AvgIpc) is 2.68. The number of rotatable bonds is 1. The van der Waals surface area contributed by atoms with Crippen LogP contribution in [0.5, 0.6) is 0 Å². The fraction of sp³-hybridized carbons (Fsp3) is 0. The SMILES string of the molecule is Ic1c(-c2ccccc2)c2ccccc2c2c1ccc1ccccc12. The van der Waals surface area contributed by atoms with Crippen molar-refractivity contribution < 1.29 is 0 Å². The van der Waals surface area contributed by atoms with Gasteiger partial charge in [0.1, 0.15) is 0 Å². The van der Waals surface area contributed by atoms with Crippen molar-refractivity contribution in [1.82, 2.24) is 0 Å². The van der Waals surface area contributed by atoms with Crippen LogP contribution in [0.3, 0.4) is 0 Å². The Morgan fingerprint density at radius 2 is 1.12 bits per heavy atom. The first-order chi connectivity index (χ1) is 12.3. The van der Waals surface area contributed by atoms with E-state index < -0.39 is 0 Å². The molecule has 0 aliphatic heterocycles. The van der Waals surface area contributed by atoms with Crippen molar-refractivity contribution in [2.45, 2.75) is 0 Å². The molecule has 0 radical (unpaired) electrons. The molecule has 0 spiro atoms. The Labute approximate surface area is 160 Å². The van der Waals surface area contributed by atoms with Crippen LogP contribution in [0.4, 0.5) is 0 Å². The molecule has 0 aliphatic carbocycles. The van der Waals surface area contributed by atoms with Gasteiger partial charge in [0, 0.05) is 9.13 Å². The molecule has 0 amide bonds. The molecule has 0 heterocycles. The van der Waals surface area contributed by atoms with Crippen molar-refractivity contribution in [3.05, 3.63) is 94.6 Å². The maximum absolute atomic E-state index is 2.52. The van der Waals surface area contributed by atoms with Crippen LogP contribution in [-0.4, -0.2) is 0 Å². The van der Waals surface area contributed by atoms with Crippen molar-refractivity contribution in [1.29, 1.82) is 0 Å². The second kappa shape index (κ2) is 5.85. The quantitative estimate of drug-likeness (QED) is 0.192. The summed E-state index contributed by atoms with van der Waals surface area (Å²) in [6.07, 6.45) is 0. The highest BCUT2D eigenvalue weighted by atomic mass is 127. The zero-order chi connectivity index (χ0) is 16.8. The average molecular weight is 430 g/mol. The summed E-state index contributed by atoms with van der Waals surface area (Å²) in [5.41, 5.74) is 2.61. The Hall–Kier alpha value is -2.39. The summed E-state index contributed by atoms with van der Waals surface area (Å²) in [7, 11) is 0. The Bertz CT molecular complexity index is 1240. The van der Waals surface area contributed by atoms with Crippen LogP contribution in [0.1, 0.15) is 0 Å². The van der Waals surface area contributed by atoms with Crippen LogP contribution in [0.15, 0.2) is 91.0 Å². The van der Waals surface area contributed by atoms with Gasteiger partial charge in [0.25, 0.3) is 0 Å². The van der Waals surface area contributed by atoms with Crippen LogP contribution in [0.25, 0.3) is 43.4 Å². The van der Waals surface area contributed by atoms with Crippen LogP contribution in [0, 0.1) is 3.57 Å². The molecule has 0 atom stereocenters. The van der Waals surface area contributed by atoms with E-state index in [1.807, 2.05) is 0 Å². The Balaban J connectivity index is 2.07. The van der Waals surface area contributed by atoms with E-state index >= 15 is 0 Å². The summed E-state index contributed by atoms with van der Waals surface area (Å²) in [4.78, 5) is 0. The molecule has 0 unspecified atom stereocenters. The van der Waals surface area contributed by atoms with Gasteiger partial charge in [-0.25, -0.2) is 0 Å². The Morgan fingerprint density at radius 1 is 0.480 bits per heavy atom.